The number of thiocarbonyl (C=S) groups is 1. The highest BCUT2D eigenvalue weighted by molar-refractivity contribution is 7.80. The molecule has 0 bridgehead atoms. The van der Waals surface area contributed by atoms with Crippen LogP contribution in [0.15, 0.2) is 17.2 Å². The van der Waals surface area contributed by atoms with Crippen molar-refractivity contribution >= 4 is 35.1 Å². The van der Waals surface area contributed by atoms with Crippen LogP contribution in [0.25, 0.3) is 0 Å². The Hall–Kier alpha value is -1.53. The lowest BCUT2D eigenvalue weighted by molar-refractivity contribution is 0.355. The van der Waals surface area contributed by atoms with Gasteiger partial charge in [0.1, 0.15) is 0 Å². The van der Waals surface area contributed by atoms with Gasteiger partial charge in [0, 0.05) is 6.54 Å². The fourth-order valence-electron chi connectivity index (χ4n) is 1.60. The van der Waals surface area contributed by atoms with Crippen molar-refractivity contribution in [2.24, 2.45) is 5.10 Å². The van der Waals surface area contributed by atoms with E-state index in [-0.39, 0.29) is 0 Å². The maximum absolute atomic E-state index is 6.11. The van der Waals surface area contributed by atoms with Gasteiger partial charge in [0.15, 0.2) is 16.6 Å². The summed E-state index contributed by atoms with van der Waals surface area (Å²) in [6, 6.07) is 3.52. The van der Waals surface area contributed by atoms with E-state index in [1.54, 1.807) is 32.6 Å². The molecule has 1 rings (SSSR count). The zero-order chi connectivity index (χ0) is 15.7. The van der Waals surface area contributed by atoms with Crippen molar-refractivity contribution in [2.45, 2.75) is 19.8 Å². The molecule has 0 fully saturated rings. The van der Waals surface area contributed by atoms with Crippen LogP contribution in [-0.4, -0.2) is 32.1 Å². The molecule has 1 aromatic rings. The number of hydrogen-bond acceptors (Lipinski definition) is 4. The Labute approximate surface area is 135 Å². The van der Waals surface area contributed by atoms with Crippen LogP contribution in [0.4, 0.5) is 0 Å². The molecule has 0 saturated heterocycles. The second-order valence-electron chi connectivity index (χ2n) is 4.22. The normalized spacial score (nSPS) is 10.5. The highest BCUT2D eigenvalue weighted by atomic mass is 35.5. The van der Waals surface area contributed by atoms with Gasteiger partial charge in [-0.25, -0.2) is 0 Å². The van der Waals surface area contributed by atoms with Gasteiger partial charge in [-0.1, -0.05) is 24.9 Å². The maximum Gasteiger partial charge on any atom is 0.186 e. The van der Waals surface area contributed by atoms with Gasteiger partial charge in [-0.15, -0.1) is 0 Å². The Morgan fingerprint density at radius 2 is 2.14 bits per heavy atom. The Morgan fingerprint density at radius 1 is 1.38 bits per heavy atom. The summed E-state index contributed by atoms with van der Waals surface area (Å²) >= 11 is 11.2. The van der Waals surface area contributed by atoms with E-state index < -0.39 is 0 Å². The molecule has 0 spiro atoms. The van der Waals surface area contributed by atoms with Gasteiger partial charge in [-0.05, 0) is 36.3 Å². The lowest BCUT2D eigenvalue weighted by Gasteiger charge is -2.10. The molecule has 21 heavy (non-hydrogen) atoms. The molecule has 0 aliphatic carbocycles. The first-order valence-electron chi connectivity index (χ1n) is 6.60. The molecule has 0 unspecified atom stereocenters. The summed E-state index contributed by atoms with van der Waals surface area (Å²) < 4.78 is 10.4. The third-order valence-electron chi connectivity index (χ3n) is 2.65. The van der Waals surface area contributed by atoms with Crippen LogP contribution in [-0.2, 0) is 0 Å². The molecule has 1 aromatic carbocycles. The topological polar surface area (TPSA) is 54.9 Å². The van der Waals surface area contributed by atoms with E-state index in [1.807, 2.05) is 0 Å². The predicted octanol–water partition coefficient (Wildman–Crippen LogP) is 2.96. The molecule has 0 aromatic heterocycles. The summed E-state index contributed by atoms with van der Waals surface area (Å²) in [6.45, 7) is 2.96. The van der Waals surface area contributed by atoms with Crippen molar-refractivity contribution in [3.8, 4) is 11.5 Å². The summed E-state index contributed by atoms with van der Waals surface area (Å²) in [5.74, 6) is 1.05. The zero-order valence-electron chi connectivity index (χ0n) is 12.4. The highest BCUT2D eigenvalue weighted by Gasteiger charge is 2.09. The number of ether oxygens (including phenoxy) is 2. The molecule has 0 atom stereocenters. The number of halogens is 1. The molecule has 116 valence electrons. The first-order chi connectivity index (χ1) is 10.1. The first-order valence-corrected chi connectivity index (χ1v) is 7.39. The number of benzene rings is 1. The summed E-state index contributed by atoms with van der Waals surface area (Å²) in [5.41, 5.74) is 3.53. The largest absolute Gasteiger partial charge is 0.493 e. The van der Waals surface area contributed by atoms with Crippen LogP contribution >= 0.6 is 23.8 Å². The van der Waals surface area contributed by atoms with Gasteiger partial charge >= 0.3 is 0 Å². The van der Waals surface area contributed by atoms with Crippen LogP contribution in [0.2, 0.25) is 5.02 Å². The lowest BCUT2D eigenvalue weighted by Crippen LogP contribution is -2.32. The minimum Gasteiger partial charge on any atom is -0.493 e. The fraction of sp³-hybridized carbons (Fsp3) is 0.429. The SMILES string of the molecule is CCCCNC(=S)N/N=C\c1cc(Cl)c(OC)c(OC)c1. The minimum absolute atomic E-state index is 0.460. The van der Waals surface area contributed by atoms with Crippen LogP contribution < -0.4 is 20.2 Å². The number of rotatable bonds is 7. The van der Waals surface area contributed by atoms with Crippen molar-refractivity contribution in [3.63, 3.8) is 0 Å². The minimum atomic E-state index is 0.460. The standard InChI is InChI=1S/C14H20ClN3O2S/c1-4-5-6-16-14(21)18-17-9-10-7-11(15)13(20-3)12(8-10)19-2/h7-9H,4-6H2,1-3H3,(H2,16,18,21)/b17-9-. The molecule has 0 saturated carbocycles. The van der Waals surface area contributed by atoms with Crippen molar-refractivity contribution in [3.05, 3.63) is 22.7 Å². The van der Waals surface area contributed by atoms with E-state index in [4.69, 9.17) is 33.3 Å². The highest BCUT2D eigenvalue weighted by Crippen LogP contribution is 2.35. The second kappa shape index (κ2) is 9.41. The number of methoxy groups -OCH3 is 2. The number of nitrogens with zero attached hydrogens (tertiary/aromatic N) is 1. The van der Waals surface area contributed by atoms with Crippen LogP contribution in [0, 0.1) is 0 Å². The van der Waals surface area contributed by atoms with E-state index in [2.05, 4.69) is 22.8 Å². The van der Waals surface area contributed by atoms with Gasteiger partial charge in [-0.2, -0.15) is 5.10 Å². The quantitative estimate of drug-likeness (QED) is 0.348. The lowest BCUT2D eigenvalue weighted by atomic mass is 10.2. The van der Waals surface area contributed by atoms with E-state index >= 15 is 0 Å². The number of nitrogens with one attached hydrogen (secondary N) is 2. The molecule has 5 nitrogen and oxygen atoms in total. The molecular weight excluding hydrogens is 310 g/mol. The van der Waals surface area contributed by atoms with Crippen LogP contribution in [0.1, 0.15) is 25.3 Å². The Bertz CT molecular complexity index is 509. The molecule has 2 N–H and O–H groups in total. The maximum atomic E-state index is 6.11. The van der Waals surface area contributed by atoms with Gasteiger partial charge in [0.2, 0.25) is 0 Å². The number of hydrazone groups is 1. The van der Waals surface area contributed by atoms with Crippen LogP contribution in [0.5, 0.6) is 11.5 Å². The van der Waals surface area contributed by atoms with E-state index in [0.29, 0.717) is 21.6 Å². The van der Waals surface area contributed by atoms with Crippen molar-refractivity contribution in [1.82, 2.24) is 10.7 Å². The molecule has 0 aliphatic heterocycles. The van der Waals surface area contributed by atoms with Crippen LogP contribution in [0.3, 0.4) is 0 Å². The Morgan fingerprint density at radius 3 is 2.76 bits per heavy atom. The molecule has 0 amide bonds. The van der Waals surface area contributed by atoms with Crippen molar-refractivity contribution in [2.75, 3.05) is 20.8 Å². The third kappa shape index (κ3) is 5.77. The number of hydrogen-bond donors (Lipinski definition) is 2. The average molecular weight is 330 g/mol. The van der Waals surface area contributed by atoms with Crippen molar-refractivity contribution in [1.29, 1.82) is 0 Å². The third-order valence-corrected chi connectivity index (χ3v) is 3.17. The Balaban J connectivity index is 2.64. The van der Waals surface area contributed by atoms with E-state index in [0.717, 1.165) is 24.9 Å². The zero-order valence-corrected chi connectivity index (χ0v) is 14.0. The molecule has 7 heteroatoms. The van der Waals surface area contributed by atoms with E-state index in [9.17, 15) is 0 Å². The molecule has 0 aliphatic rings. The summed E-state index contributed by atoms with van der Waals surface area (Å²) in [5, 5.41) is 8.07. The summed E-state index contributed by atoms with van der Waals surface area (Å²) in [4.78, 5) is 0. The summed E-state index contributed by atoms with van der Waals surface area (Å²) in [7, 11) is 3.10. The van der Waals surface area contributed by atoms with Crippen molar-refractivity contribution < 1.29 is 9.47 Å². The van der Waals surface area contributed by atoms with Gasteiger partial charge in [0.25, 0.3) is 0 Å². The fourth-order valence-corrected chi connectivity index (χ4v) is 2.05. The molecular formula is C14H20ClN3O2S. The first kappa shape index (κ1) is 17.5. The average Bonchev–Trinajstić information content (AvgIpc) is 2.47. The van der Waals surface area contributed by atoms with E-state index in [1.165, 1.54) is 0 Å². The van der Waals surface area contributed by atoms with Gasteiger partial charge in [-0.3, -0.25) is 5.43 Å². The molecule has 0 heterocycles. The monoisotopic (exact) mass is 329 g/mol. The Kier molecular flexibility index (Phi) is 7.85. The van der Waals surface area contributed by atoms with Gasteiger partial charge in [0.05, 0.1) is 25.5 Å². The second-order valence-corrected chi connectivity index (χ2v) is 5.03. The summed E-state index contributed by atoms with van der Waals surface area (Å²) in [6.07, 6.45) is 3.79. The predicted molar refractivity (Wildman–Crippen MR) is 90.8 cm³/mol. The van der Waals surface area contributed by atoms with Gasteiger partial charge < -0.3 is 14.8 Å². The smallest absolute Gasteiger partial charge is 0.186 e. The molecule has 0 radical (unpaired) electrons. The number of unbranched alkanes of at least 4 members (excludes halogenated alkanes) is 1.